The summed E-state index contributed by atoms with van der Waals surface area (Å²) in [6.45, 7) is 0. The van der Waals surface area contributed by atoms with E-state index in [9.17, 15) is 0 Å². The Morgan fingerprint density at radius 3 is 3.00 bits per heavy atom. The van der Waals surface area contributed by atoms with Crippen molar-refractivity contribution in [3.05, 3.63) is 10.4 Å². The first-order valence-corrected chi connectivity index (χ1v) is 7.39. The van der Waals surface area contributed by atoms with Gasteiger partial charge in [-0.05, 0) is 18.9 Å². The maximum absolute atomic E-state index is 5.97. The maximum atomic E-state index is 5.97. The third-order valence-electron chi connectivity index (χ3n) is 2.80. The van der Waals surface area contributed by atoms with E-state index in [1.165, 1.54) is 29.9 Å². The summed E-state index contributed by atoms with van der Waals surface area (Å²) in [5.41, 5.74) is 1.08. The van der Waals surface area contributed by atoms with Gasteiger partial charge in [0, 0.05) is 11.9 Å². The Balaban J connectivity index is 1.76. The van der Waals surface area contributed by atoms with E-state index in [1.807, 2.05) is 6.07 Å². The average Bonchev–Trinajstić information content (AvgIpc) is 2.85. The van der Waals surface area contributed by atoms with Crippen molar-refractivity contribution in [2.24, 2.45) is 4.99 Å². The van der Waals surface area contributed by atoms with Gasteiger partial charge in [-0.3, -0.25) is 4.72 Å². The molecule has 1 saturated carbocycles. The van der Waals surface area contributed by atoms with Gasteiger partial charge in [-0.25, -0.2) is 4.99 Å². The fraction of sp³-hybridized carbons (Fsp3) is 0.500. The zero-order valence-corrected chi connectivity index (χ0v) is 11.0. The molecule has 16 heavy (non-hydrogen) atoms. The average molecular weight is 274 g/mol. The van der Waals surface area contributed by atoms with Gasteiger partial charge < -0.3 is 5.32 Å². The van der Waals surface area contributed by atoms with Gasteiger partial charge in [0.2, 0.25) is 5.96 Å². The lowest BCUT2D eigenvalue weighted by Gasteiger charge is -2.18. The van der Waals surface area contributed by atoms with Gasteiger partial charge >= 0.3 is 0 Å². The highest BCUT2D eigenvalue weighted by Gasteiger charge is 2.19. The molecule has 6 heteroatoms. The summed E-state index contributed by atoms with van der Waals surface area (Å²) < 4.78 is 5.21. The van der Waals surface area contributed by atoms with Gasteiger partial charge in [0.25, 0.3) is 0 Å². The maximum Gasteiger partial charge on any atom is 0.206 e. The summed E-state index contributed by atoms with van der Waals surface area (Å²) >= 11 is 9.14. The molecular weight excluding hydrogens is 262 g/mol. The first kappa shape index (κ1) is 10.7. The zero-order valence-electron chi connectivity index (χ0n) is 8.62. The number of rotatable bonds is 1. The van der Waals surface area contributed by atoms with Crippen molar-refractivity contribution < 1.29 is 0 Å². The lowest BCUT2D eigenvalue weighted by Crippen LogP contribution is -2.29. The molecule has 0 radical (unpaired) electrons. The van der Waals surface area contributed by atoms with E-state index in [-0.39, 0.29) is 0 Å². The first-order chi connectivity index (χ1) is 7.81. The molecule has 0 saturated heterocycles. The monoisotopic (exact) mass is 273 g/mol. The molecule has 2 aliphatic rings. The Hall–Kier alpha value is -0.390. The van der Waals surface area contributed by atoms with E-state index < -0.39 is 0 Å². The second-order valence-corrected chi connectivity index (χ2v) is 6.76. The summed E-state index contributed by atoms with van der Waals surface area (Å²) in [4.78, 5) is 4.68. The normalized spacial score (nSPS) is 22.9. The van der Waals surface area contributed by atoms with Crippen molar-refractivity contribution in [3.63, 3.8) is 0 Å². The van der Waals surface area contributed by atoms with Crippen molar-refractivity contribution in [3.8, 4) is 0 Å². The molecule has 1 aromatic rings. The minimum absolute atomic E-state index is 0.492. The van der Waals surface area contributed by atoms with E-state index >= 15 is 0 Å². The van der Waals surface area contributed by atoms with Crippen molar-refractivity contribution in [1.82, 2.24) is 4.72 Å². The molecule has 0 bridgehead atoms. The van der Waals surface area contributed by atoms with Gasteiger partial charge in [-0.1, -0.05) is 24.4 Å². The molecule has 0 spiro atoms. The lowest BCUT2D eigenvalue weighted by molar-refractivity contribution is 0.704. The van der Waals surface area contributed by atoms with Crippen LogP contribution in [0.3, 0.4) is 0 Å². The highest BCUT2D eigenvalue weighted by molar-refractivity contribution is 8.00. The zero-order chi connectivity index (χ0) is 11.0. The number of guanidine groups is 1. The molecule has 1 fully saturated rings. The van der Waals surface area contributed by atoms with Crippen LogP contribution in [0, 0.1) is 0 Å². The highest BCUT2D eigenvalue weighted by atomic mass is 35.5. The molecule has 2 N–H and O–H groups in total. The first-order valence-electron chi connectivity index (χ1n) is 5.38. The molecule has 0 unspecified atom stereocenters. The van der Waals surface area contributed by atoms with Crippen molar-refractivity contribution >= 4 is 46.5 Å². The van der Waals surface area contributed by atoms with Crippen LogP contribution < -0.4 is 10.0 Å². The summed E-state index contributed by atoms with van der Waals surface area (Å²) in [5, 5.41) is 3.29. The van der Waals surface area contributed by atoms with E-state index in [1.54, 1.807) is 23.3 Å². The van der Waals surface area contributed by atoms with Crippen LogP contribution in [-0.2, 0) is 0 Å². The predicted molar refractivity (Wildman–Crippen MR) is 71.6 cm³/mol. The lowest BCUT2D eigenvalue weighted by atomic mass is 10.3. The van der Waals surface area contributed by atoms with Gasteiger partial charge in [0.15, 0.2) is 0 Å². The largest absolute Gasteiger partial charge is 0.324 e. The van der Waals surface area contributed by atoms with Crippen LogP contribution >= 0.6 is 34.9 Å². The smallest absolute Gasteiger partial charge is 0.206 e. The Labute approximate surface area is 108 Å². The van der Waals surface area contributed by atoms with E-state index in [4.69, 9.17) is 11.6 Å². The second-order valence-electron chi connectivity index (χ2n) is 4.00. The van der Waals surface area contributed by atoms with Crippen molar-refractivity contribution in [2.75, 3.05) is 5.32 Å². The number of fused-ring (bicyclic) bond motifs is 1. The van der Waals surface area contributed by atoms with E-state index in [0.29, 0.717) is 6.04 Å². The summed E-state index contributed by atoms with van der Waals surface area (Å²) in [6.07, 6.45) is 5.05. The molecule has 1 aromatic heterocycles. The highest BCUT2D eigenvalue weighted by Crippen LogP contribution is 2.39. The molecular formula is C10H12ClN3S2. The van der Waals surface area contributed by atoms with E-state index in [0.717, 1.165) is 16.0 Å². The van der Waals surface area contributed by atoms with Crippen molar-refractivity contribution in [2.45, 2.75) is 35.9 Å². The molecule has 3 nitrogen and oxygen atoms in total. The van der Waals surface area contributed by atoms with Crippen LogP contribution in [0.1, 0.15) is 25.7 Å². The molecule has 3 rings (SSSR count). The van der Waals surface area contributed by atoms with Gasteiger partial charge in [-0.15, -0.1) is 11.3 Å². The number of anilines is 1. The number of nitrogens with zero attached hydrogens (tertiary/aromatic N) is 1. The number of aliphatic imine (C=N–C) groups is 1. The SMILES string of the molecule is Clc1cc2c(s1)SNC(=NC1CCCC1)N2. The molecule has 0 aromatic carbocycles. The standard InChI is InChI=1S/C10H12ClN3S2/c11-8-5-7-9(15-8)16-14-10(13-7)12-6-3-1-2-4-6/h5-6H,1-4H2,(H2,12,13,14). The fourth-order valence-corrected chi connectivity index (χ4v) is 4.16. The minimum atomic E-state index is 0.492. The third-order valence-corrected chi connectivity index (χ3v) is 5.06. The van der Waals surface area contributed by atoms with Gasteiger partial charge in [0.05, 0.1) is 16.1 Å². The number of halogens is 1. The molecule has 1 aliphatic carbocycles. The number of hydrogen-bond donors (Lipinski definition) is 2. The van der Waals surface area contributed by atoms with Crippen molar-refractivity contribution in [1.29, 1.82) is 0 Å². The summed E-state index contributed by atoms with van der Waals surface area (Å²) in [5.74, 6) is 0.874. The molecule has 0 atom stereocenters. The number of nitrogens with one attached hydrogen (secondary N) is 2. The topological polar surface area (TPSA) is 36.4 Å². The molecule has 2 heterocycles. The summed E-state index contributed by atoms with van der Waals surface area (Å²) in [7, 11) is 0. The van der Waals surface area contributed by atoms with Crippen LogP contribution in [0.15, 0.2) is 15.3 Å². The van der Waals surface area contributed by atoms with E-state index in [2.05, 4.69) is 15.0 Å². The Morgan fingerprint density at radius 2 is 2.19 bits per heavy atom. The van der Waals surface area contributed by atoms with Crippen LogP contribution in [0.5, 0.6) is 0 Å². The number of hydrogen-bond acceptors (Lipinski definition) is 3. The quantitative estimate of drug-likeness (QED) is 0.766. The molecule has 1 aliphatic heterocycles. The summed E-state index contributed by atoms with van der Waals surface area (Å²) in [6, 6.07) is 2.45. The Bertz CT molecular complexity index is 424. The Morgan fingerprint density at radius 1 is 1.38 bits per heavy atom. The van der Waals surface area contributed by atoms with Crippen LogP contribution in [-0.4, -0.2) is 12.0 Å². The minimum Gasteiger partial charge on any atom is -0.324 e. The predicted octanol–water partition coefficient (Wildman–Crippen LogP) is 3.72. The van der Waals surface area contributed by atoms with Crippen LogP contribution in [0.25, 0.3) is 0 Å². The molecule has 0 amide bonds. The second kappa shape index (κ2) is 4.47. The molecule has 86 valence electrons. The van der Waals surface area contributed by atoms with Crippen LogP contribution in [0.2, 0.25) is 4.34 Å². The van der Waals surface area contributed by atoms with Gasteiger partial charge in [0.1, 0.15) is 4.21 Å². The third kappa shape index (κ3) is 2.17. The van der Waals surface area contributed by atoms with Crippen LogP contribution in [0.4, 0.5) is 5.69 Å². The Kier molecular flexibility index (Phi) is 3.00. The number of thiophene rings is 1. The van der Waals surface area contributed by atoms with Gasteiger partial charge in [-0.2, -0.15) is 0 Å². The fourth-order valence-electron chi connectivity index (χ4n) is 2.03.